The number of rotatable bonds is 6. The van der Waals surface area contributed by atoms with Crippen LogP contribution in [0.15, 0.2) is 12.1 Å². The monoisotopic (exact) mass is 246 g/mol. The van der Waals surface area contributed by atoms with E-state index in [2.05, 4.69) is 6.92 Å². The SMILES string of the molecule is CCCCCCC(O)c1cc(F)c(F)cc1F. The van der Waals surface area contributed by atoms with Gasteiger partial charge in [-0.25, -0.2) is 13.2 Å². The first kappa shape index (κ1) is 14.0. The molecular weight excluding hydrogens is 229 g/mol. The van der Waals surface area contributed by atoms with Crippen LogP contribution in [0.3, 0.4) is 0 Å². The van der Waals surface area contributed by atoms with Gasteiger partial charge in [0.25, 0.3) is 0 Å². The molecule has 0 fully saturated rings. The molecule has 0 radical (unpaired) electrons. The van der Waals surface area contributed by atoms with Crippen molar-refractivity contribution in [1.82, 2.24) is 0 Å². The Morgan fingerprint density at radius 1 is 1.00 bits per heavy atom. The lowest BCUT2D eigenvalue weighted by molar-refractivity contribution is 0.158. The Bertz CT molecular complexity index is 366. The molecule has 1 atom stereocenters. The molecule has 0 aliphatic carbocycles. The molecule has 1 aromatic rings. The van der Waals surface area contributed by atoms with E-state index in [0.717, 1.165) is 31.7 Å². The lowest BCUT2D eigenvalue weighted by Gasteiger charge is -2.12. The maximum atomic E-state index is 13.3. The minimum absolute atomic E-state index is 0.166. The zero-order chi connectivity index (χ0) is 12.8. The first-order valence-corrected chi connectivity index (χ1v) is 5.88. The molecule has 17 heavy (non-hydrogen) atoms. The van der Waals surface area contributed by atoms with E-state index >= 15 is 0 Å². The Labute approximate surface area is 99.3 Å². The molecule has 0 amide bonds. The molecule has 0 saturated heterocycles. The summed E-state index contributed by atoms with van der Waals surface area (Å²) in [5.41, 5.74) is -0.166. The maximum absolute atomic E-state index is 13.3. The van der Waals surface area contributed by atoms with E-state index in [1.54, 1.807) is 0 Å². The highest BCUT2D eigenvalue weighted by atomic mass is 19.2. The highest BCUT2D eigenvalue weighted by Gasteiger charge is 2.16. The number of hydrogen-bond acceptors (Lipinski definition) is 1. The Kier molecular flexibility index (Phi) is 5.48. The van der Waals surface area contributed by atoms with Crippen LogP contribution in [0.4, 0.5) is 13.2 Å². The van der Waals surface area contributed by atoms with Crippen LogP contribution in [0.2, 0.25) is 0 Å². The molecule has 1 N–H and O–H groups in total. The summed E-state index contributed by atoms with van der Waals surface area (Å²) in [4.78, 5) is 0. The van der Waals surface area contributed by atoms with E-state index in [1.165, 1.54) is 0 Å². The van der Waals surface area contributed by atoms with Gasteiger partial charge < -0.3 is 5.11 Å². The minimum Gasteiger partial charge on any atom is -0.388 e. The number of benzene rings is 1. The lowest BCUT2D eigenvalue weighted by atomic mass is 10.0. The van der Waals surface area contributed by atoms with Crippen molar-refractivity contribution in [2.24, 2.45) is 0 Å². The third-order valence-electron chi connectivity index (χ3n) is 2.73. The second-order valence-electron chi connectivity index (χ2n) is 4.15. The Balaban J connectivity index is 2.62. The van der Waals surface area contributed by atoms with Crippen molar-refractivity contribution >= 4 is 0 Å². The summed E-state index contributed by atoms with van der Waals surface area (Å²) in [6.45, 7) is 2.06. The number of aliphatic hydroxyl groups is 1. The number of aliphatic hydroxyl groups excluding tert-OH is 1. The Morgan fingerprint density at radius 2 is 1.65 bits per heavy atom. The third kappa shape index (κ3) is 4.04. The largest absolute Gasteiger partial charge is 0.388 e. The van der Waals surface area contributed by atoms with Crippen LogP contribution in [0.25, 0.3) is 0 Å². The predicted octanol–water partition coefficient (Wildman–Crippen LogP) is 4.11. The fourth-order valence-corrected chi connectivity index (χ4v) is 1.71. The summed E-state index contributed by atoms with van der Waals surface area (Å²) in [7, 11) is 0. The fourth-order valence-electron chi connectivity index (χ4n) is 1.71. The van der Waals surface area contributed by atoms with Gasteiger partial charge in [0.15, 0.2) is 11.6 Å². The van der Waals surface area contributed by atoms with Gasteiger partial charge in [-0.1, -0.05) is 32.6 Å². The van der Waals surface area contributed by atoms with Gasteiger partial charge in [-0.2, -0.15) is 0 Å². The molecule has 1 rings (SSSR count). The van der Waals surface area contributed by atoms with Crippen molar-refractivity contribution in [2.75, 3.05) is 0 Å². The summed E-state index contributed by atoms with van der Waals surface area (Å²) in [5, 5.41) is 9.69. The van der Waals surface area contributed by atoms with E-state index in [0.29, 0.717) is 12.5 Å². The second kappa shape index (κ2) is 6.64. The van der Waals surface area contributed by atoms with Crippen LogP contribution in [-0.4, -0.2) is 5.11 Å². The van der Waals surface area contributed by atoms with Gasteiger partial charge in [-0.05, 0) is 12.5 Å². The minimum atomic E-state index is -1.23. The molecule has 0 spiro atoms. The topological polar surface area (TPSA) is 20.2 Å². The Morgan fingerprint density at radius 3 is 2.29 bits per heavy atom. The molecule has 1 nitrogen and oxygen atoms in total. The summed E-state index contributed by atoms with van der Waals surface area (Å²) in [5.74, 6) is -3.26. The summed E-state index contributed by atoms with van der Waals surface area (Å²) < 4.78 is 38.9. The van der Waals surface area contributed by atoms with E-state index in [4.69, 9.17) is 0 Å². The quantitative estimate of drug-likeness (QED) is 0.591. The molecule has 0 bridgehead atoms. The number of hydrogen-bond donors (Lipinski definition) is 1. The lowest BCUT2D eigenvalue weighted by Crippen LogP contribution is -2.03. The van der Waals surface area contributed by atoms with Crippen molar-refractivity contribution in [3.63, 3.8) is 0 Å². The summed E-state index contributed by atoms with van der Waals surface area (Å²) in [6, 6.07) is 1.20. The summed E-state index contributed by atoms with van der Waals surface area (Å²) >= 11 is 0. The van der Waals surface area contributed by atoms with Crippen molar-refractivity contribution in [1.29, 1.82) is 0 Å². The molecular formula is C13H17F3O. The first-order valence-electron chi connectivity index (χ1n) is 5.88. The van der Waals surface area contributed by atoms with Crippen molar-refractivity contribution in [2.45, 2.75) is 45.1 Å². The van der Waals surface area contributed by atoms with Gasteiger partial charge in [-0.3, -0.25) is 0 Å². The molecule has 4 heteroatoms. The molecule has 0 saturated carbocycles. The van der Waals surface area contributed by atoms with E-state index in [9.17, 15) is 18.3 Å². The number of unbranched alkanes of at least 4 members (excludes halogenated alkanes) is 3. The van der Waals surface area contributed by atoms with E-state index < -0.39 is 23.6 Å². The molecule has 96 valence electrons. The smallest absolute Gasteiger partial charge is 0.161 e. The van der Waals surface area contributed by atoms with Crippen molar-refractivity contribution < 1.29 is 18.3 Å². The van der Waals surface area contributed by atoms with Gasteiger partial charge in [0.1, 0.15) is 5.82 Å². The van der Waals surface area contributed by atoms with Crippen molar-refractivity contribution in [3.05, 3.63) is 35.1 Å². The molecule has 0 aliphatic heterocycles. The van der Waals surface area contributed by atoms with Gasteiger partial charge in [0, 0.05) is 11.6 Å². The van der Waals surface area contributed by atoms with Crippen molar-refractivity contribution in [3.8, 4) is 0 Å². The first-order chi connectivity index (χ1) is 8.06. The third-order valence-corrected chi connectivity index (χ3v) is 2.73. The van der Waals surface area contributed by atoms with Crippen LogP contribution < -0.4 is 0 Å². The molecule has 1 unspecified atom stereocenters. The maximum Gasteiger partial charge on any atom is 0.161 e. The standard InChI is InChI=1S/C13H17F3O/c1-2-3-4-5-6-13(17)9-7-11(15)12(16)8-10(9)14/h7-8,13,17H,2-6H2,1H3. The zero-order valence-electron chi connectivity index (χ0n) is 9.85. The predicted molar refractivity (Wildman–Crippen MR) is 60.0 cm³/mol. The normalized spacial score (nSPS) is 12.8. The van der Waals surface area contributed by atoms with E-state index in [-0.39, 0.29) is 5.56 Å². The van der Waals surface area contributed by atoms with E-state index in [1.807, 2.05) is 0 Å². The van der Waals surface area contributed by atoms with Gasteiger partial charge in [0.2, 0.25) is 0 Å². The highest BCUT2D eigenvalue weighted by molar-refractivity contribution is 5.22. The molecule has 0 aromatic heterocycles. The highest BCUT2D eigenvalue weighted by Crippen LogP contribution is 2.24. The van der Waals surface area contributed by atoms with Crippen LogP contribution in [0.1, 0.15) is 50.7 Å². The van der Waals surface area contributed by atoms with Gasteiger partial charge in [-0.15, -0.1) is 0 Å². The Hall–Kier alpha value is -1.03. The zero-order valence-corrected chi connectivity index (χ0v) is 9.85. The van der Waals surface area contributed by atoms with Crippen LogP contribution >= 0.6 is 0 Å². The van der Waals surface area contributed by atoms with Crippen LogP contribution in [-0.2, 0) is 0 Å². The van der Waals surface area contributed by atoms with Crippen LogP contribution in [0.5, 0.6) is 0 Å². The summed E-state index contributed by atoms with van der Waals surface area (Å²) in [6.07, 6.45) is 3.10. The molecule has 0 aliphatic rings. The molecule has 0 heterocycles. The van der Waals surface area contributed by atoms with Gasteiger partial charge in [0.05, 0.1) is 6.10 Å². The second-order valence-corrected chi connectivity index (χ2v) is 4.15. The fraction of sp³-hybridized carbons (Fsp3) is 0.538. The average molecular weight is 246 g/mol. The molecule has 1 aromatic carbocycles. The average Bonchev–Trinajstić information content (AvgIpc) is 2.29. The van der Waals surface area contributed by atoms with Gasteiger partial charge >= 0.3 is 0 Å². The number of halogens is 3. The van der Waals surface area contributed by atoms with Crippen LogP contribution in [0, 0.1) is 17.5 Å².